The zero-order valence-electron chi connectivity index (χ0n) is 16.9. The molecule has 1 amide bonds. The van der Waals surface area contributed by atoms with Gasteiger partial charge in [0, 0.05) is 12.8 Å². The second kappa shape index (κ2) is 9.88. The van der Waals surface area contributed by atoms with Gasteiger partial charge < -0.3 is 10.2 Å². The molecule has 1 aliphatic rings. The van der Waals surface area contributed by atoms with E-state index in [0.717, 1.165) is 24.1 Å². The number of oxime groups is 1. The number of hydrogen-bond acceptors (Lipinski definition) is 3. The Hall–Kier alpha value is -3.40. The smallest absolute Gasteiger partial charge is 0.224 e. The van der Waals surface area contributed by atoms with Crippen molar-refractivity contribution in [2.24, 2.45) is 5.16 Å². The molecule has 0 aliphatic carbocycles. The van der Waals surface area contributed by atoms with Crippen LogP contribution in [0.15, 0.2) is 96.2 Å². The van der Waals surface area contributed by atoms with E-state index in [4.69, 9.17) is 4.84 Å². The molecule has 0 saturated carbocycles. The Bertz CT molecular complexity index is 972. The number of carbonyl (C=O) groups excluding carboxylic acids is 1. The number of carbonyl (C=O) groups is 1. The molecule has 4 rings (SSSR count). The highest BCUT2D eigenvalue weighted by Crippen LogP contribution is 2.20. The van der Waals surface area contributed by atoms with Crippen molar-refractivity contribution >= 4 is 11.6 Å². The molecule has 4 nitrogen and oxygen atoms in total. The monoisotopic (exact) mass is 398 g/mol. The highest BCUT2D eigenvalue weighted by Gasteiger charge is 2.31. The standard InChI is InChI=1S/C26H26N2O2/c29-26(18-22-14-8-3-9-15-22)27-24(17-21-12-6-2-7-13-21)25-19-23(28-30-25)16-20-10-4-1-5-11-20/h1-15,24-25H,16-19H2,(H,27,29). The first-order chi connectivity index (χ1) is 14.8. The van der Waals surface area contributed by atoms with Crippen molar-refractivity contribution in [2.45, 2.75) is 37.8 Å². The molecular weight excluding hydrogens is 372 g/mol. The van der Waals surface area contributed by atoms with Crippen molar-refractivity contribution in [3.63, 3.8) is 0 Å². The van der Waals surface area contributed by atoms with Crippen LogP contribution in [0.3, 0.4) is 0 Å². The molecule has 1 N–H and O–H groups in total. The Morgan fingerprint density at radius 1 is 0.867 bits per heavy atom. The lowest BCUT2D eigenvalue weighted by atomic mass is 9.95. The summed E-state index contributed by atoms with van der Waals surface area (Å²) in [5, 5.41) is 7.53. The Labute approximate surface area is 177 Å². The van der Waals surface area contributed by atoms with E-state index in [9.17, 15) is 4.79 Å². The fourth-order valence-electron chi connectivity index (χ4n) is 3.78. The fourth-order valence-corrected chi connectivity index (χ4v) is 3.78. The normalized spacial score (nSPS) is 16.4. The van der Waals surface area contributed by atoms with E-state index in [1.165, 1.54) is 11.1 Å². The Morgan fingerprint density at radius 3 is 2.07 bits per heavy atom. The van der Waals surface area contributed by atoms with Crippen LogP contribution in [0.4, 0.5) is 0 Å². The quantitative estimate of drug-likeness (QED) is 0.613. The molecular formula is C26H26N2O2. The van der Waals surface area contributed by atoms with Gasteiger partial charge in [-0.25, -0.2) is 0 Å². The molecule has 1 heterocycles. The van der Waals surface area contributed by atoms with Crippen molar-refractivity contribution in [3.05, 3.63) is 108 Å². The Morgan fingerprint density at radius 2 is 1.43 bits per heavy atom. The van der Waals surface area contributed by atoms with E-state index in [1.807, 2.05) is 66.7 Å². The molecule has 30 heavy (non-hydrogen) atoms. The summed E-state index contributed by atoms with van der Waals surface area (Å²) in [5.74, 6) is 0.00207. The molecule has 4 heteroatoms. The van der Waals surface area contributed by atoms with Crippen molar-refractivity contribution < 1.29 is 9.63 Å². The molecule has 0 radical (unpaired) electrons. The molecule has 3 aromatic carbocycles. The maximum atomic E-state index is 12.7. The highest BCUT2D eigenvalue weighted by atomic mass is 16.6. The van der Waals surface area contributed by atoms with E-state index in [2.05, 4.69) is 34.7 Å². The van der Waals surface area contributed by atoms with Crippen molar-refractivity contribution in [1.82, 2.24) is 5.32 Å². The van der Waals surface area contributed by atoms with E-state index in [1.54, 1.807) is 0 Å². The predicted octanol–water partition coefficient (Wildman–Crippen LogP) is 4.34. The van der Waals surface area contributed by atoms with Gasteiger partial charge in [-0.2, -0.15) is 0 Å². The van der Waals surface area contributed by atoms with Crippen LogP contribution in [-0.2, 0) is 28.9 Å². The minimum Gasteiger partial charge on any atom is -0.390 e. The number of nitrogens with zero attached hydrogens (tertiary/aromatic N) is 1. The summed E-state index contributed by atoms with van der Waals surface area (Å²) in [6.45, 7) is 0. The van der Waals surface area contributed by atoms with Gasteiger partial charge in [0.2, 0.25) is 5.91 Å². The van der Waals surface area contributed by atoms with Gasteiger partial charge in [-0.05, 0) is 23.1 Å². The van der Waals surface area contributed by atoms with Gasteiger partial charge in [0.1, 0.15) is 0 Å². The van der Waals surface area contributed by atoms with Crippen molar-refractivity contribution in [1.29, 1.82) is 0 Å². The number of rotatable bonds is 8. The van der Waals surface area contributed by atoms with Crippen LogP contribution >= 0.6 is 0 Å². The van der Waals surface area contributed by atoms with Crippen LogP contribution in [0.25, 0.3) is 0 Å². The second-order valence-electron chi connectivity index (χ2n) is 7.69. The minimum atomic E-state index is -0.163. The molecule has 2 unspecified atom stereocenters. The first-order valence-corrected chi connectivity index (χ1v) is 10.4. The van der Waals surface area contributed by atoms with Gasteiger partial charge in [0.05, 0.1) is 18.2 Å². The SMILES string of the molecule is O=C(Cc1ccccc1)NC(Cc1ccccc1)C1CC(Cc2ccccc2)=NO1. The van der Waals surface area contributed by atoms with Crippen molar-refractivity contribution in [3.8, 4) is 0 Å². The summed E-state index contributed by atoms with van der Waals surface area (Å²) in [4.78, 5) is 18.5. The third-order valence-corrected chi connectivity index (χ3v) is 5.31. The Kier molecular flexibility index (Phi) is 6.55. The summed E-state index contributed by atoms with van der Waals surface area (Å²) >= 11 is 0. The summed E-state index contributed by atoms with van der Waals surface area (Å²) in [7, 11) is 0. The molecule has 1 aliphatic heterocycles. The number of hydrogen-bond donors (Lipinski definition) is 1. The first kappa shape index (κ1) is 19.9. The predicted molar refractivity (Wildman–Crippen MR) is 119 cm³/mol. The lowest BCUT2D eigenvalue weighted by Gasteiger charge is -2.23. The van der Waals surface area contributed by atoms with E-state index in [-0.39, 0.29) is 18.1 Å². The number of amides is 1. The highest BCUT2D eigenvalue weighted by molar-refractivity contribution is 5.87. The van der Waals surface area contributed by atoms with Gasteiger partial charge in [0.25, 0.3) is 0 Å². The fraction of sp³-hybridized carbons (Fsp3) is 0.231. The average molecular weight is 399 g/mol. The summed E-state index contributed by atoms with van der Waals surface area (Å²) in [6.07, 6.45) is 2.39. The first-order valence-electron chi connectivity index (χ1n) is 10.4. The van der Waals surface area contributed by atoms with Gasteiger partial charge in [-0.15, -0.1) is 0 Å². The zero-order valence-corrected chi connectivity index (χ0v) is 16.9. The third kappa shape index (κ3) is 5.57. The van der Waals surface area contributed by atoms with Crippen LogP contribution in [0, 0.1) is 0 Å². The molecule has 3 aromatic rings. The van der Waals surface area contributed by atoms with Crippen LogP contribution < -0.4 is 5.32 Å². The molecule has 0 saturated heterocycles. The number of nitrogens with one attached hydrogen (secondary N) is 1. The lowest BCUT2D eigenvalue weighted by molar-refractivity contribution is -0.122. The van der Waals surface area contributed by atoms with E-state index in [0.29, 0.717) is 12.8 Å². The van der Waals surface area contributed by atoms with Gasteiger partial charge in [-0.1, -0.05) is 96.2 Å². The molecule has 2 atom stereocenters. The average Bonchev–Trinajstić information content (AvgIpc) is 3.24. The van der Waals surface area contributed by atoms with E-state index < -0.39 is 0 Å². The topological polar surface area (TPSA) is 50.7 Å². The van der Waals surface area contributed by atoms with Gasteiger partial charge >= 0.3 is 0 Å². The van der Waals surface area contributed by atoms with Crippen LogP contribution in [0.1, 0.15) is 23.1 Å². The maximum Gasteiger partial charge on any atom is 0.224 e. The van der Waals surface area contributed by atoms with Crippen LogP contribution in [-0.4, -0.2) is 23.8 Å². The Balaban J connectivity index is 1.42. The molecule has 0 bridgehead atoms. The van der Waals surface area contributed by atoms with Gasteiger partial charge in [-0.3, -0.25) is 4.79 Å². The summed E-state index contributed by atoms with van der Waals surface area (Å²) in [5.41, 5.74) is 4.40. The molecule has 0 fully saturated rings. The third-order valence-electron chi connectivity index (χ3n) is 5.31. The lowest BCUT2D eigenvalue weighted by Crippen LogP contribution is -2.45. The molecule has 152 valence electrons. The van der Waals surface area contributed by atoms with E-state index >= 15 is 0 Å². The van der Waals surface area contributed by atoms with Crippen LogP contribution in [0.5, 0.6) is 0 Å². The summed E-state index contributed by atoms with van der Waals surface area (Å²) in [6, 6.07) is 30.1. The van der Waals surface area contributed by atoms with Crippen LogP contribution in [0.2, 0.25) is 0 Å². The zero-order chi connectivity index (χ0) is 20.6. The number of benzene rings is 3. The van der Waals surface area contributed by atoms with Gasteiger partial charge in [0.15, 0.2) is 6.10 Å². The summed E-state index contributed by atoms with van der Waals surface area (Å²) < 4.78 is 0. The largest absolute Gasteiger partial charge is 0.390 e. The maximum absolute atomic E-state index is 12.7. The molecule has 0 aromatic heterocycles. The molecule has 0 spiro atoms. The second-order valence-corrected chi connectivity index (χ2v) is 7.69. The minimum absolute atomic E-state index is 0.00207. The van der Waals surface area contributed by atoms with Crippen molar-refractivity contribution in [2.75, 3.05) is 0 Å².